The van der Waals surface area contributed by atoms with Crippen molar-refractivity contribution in [3.63, 3.8) is 0 Å². The number of nitrogens with one attached hydrogen (secondary N) is 2. The van der Waals surface area contributed by atoms with Crippen LogP contribution in [0.4, 0.5) is 4.39 Å². The molecule has 1 aromatic rings. The molecule has 3 rings (SSSR count). The first kappa shape index (κ1) is 22.0. The first-order valence-electron chi connectivity index (χ1n) is 9.23. The van der Waals surface area contributed by atoms with E-state index >= 15 is 0 Å². The lowest BCUT2D eigenvalue weighted by molar-refractivity contribution is -0.136. The number of hydrogen-bond acceptors (Lipinski definition) is 4. The number of carbonyl (C=O) groups excluding carboxylic acids is 2. The van der Waals surface area contributed by atoms with Crippen molar-refractivity contribution in [1.29, 1.82) is 0 Å². The third-order valence-electron chi connectivity index (χ3n) is 5.02. The predicted octanol–water partition coefficient (Wildman–Crippen LogP) is 2.20. The Balaban J connectivity index is 0.00000261. The number of thioether (sulfide) groups is 1. The van der Waals surface area contributed by atoms with Crippen molar-refractivity contribution < 1.29 is 14.0 Å². The highest BCUT2D eigenvalue weighted by molar-refractivity contribution is 7.99. The average Bonchev–Trinajstić information content (AvgIpc) is 2.68. The molecular weight excluding hydrogens is 389 g/mol. The van der Waals surface area contributed by atoms with E-state index in [4.69, 9.17) is 0 Å². The molecule has 8 heteroatoms. The van der Waals surface area contributed by atoms with Crippen molar-refractivity contribution in [2.45, 2.75) is 31.8 Å². The first-order valence-corrected chi connectivity index (χ1v) is 10.4. The highest BCUT2D eigenvalue weighted by atomic mass is 35.5. The van der Waals surface area contributed by atoms with Gasteiger partial charge in [0.25, 0.3) is 0 Å². The Morgan fingerprint density at radius 1 is 1.22 bits per heavy atom. The molecule has 0 bridgehead atoms. The molecule has 2 fully saturated rings. The Hall–Kier alpha value is -1.31. The fourth-order valence-corrected chi connectivity index (χ4v) is 4.37. The van der Waals surface area contributed by atoms with Gasteiger partial charge in [0.1, 0.15) is 5.82 Å². The predicted molar refractivity (Wildman–Crippen MR) is 109 cm³/mol. The summed E-state index contributed by atoms with van der Waals surface area (Å²) in [5.74, 6) is 1.99. The molecule has 1 aromatic carbocycles. The Kier molecular flexibility index (Phi) is 8.86. The van der Waals surface area contributed by atoms with Gasteiger partial charge in [-0.2, -0.15) is 11.8 Å². The van der Waals surface area contributed by atoms with Crippen LogP contribution >= 0.6 is 24.2 Å². The Morgan fingerprint density at radius 3 is 2.56 bits per heavy atom. The highest BCUT2D eigenvalue weighted by Crippen LogP contribution is 2.19. The molecule has 0 saturated carbocycles. The molecule has 5 nitrogen and oxygen atoms in total. The molecule has 0 radical (unpaired) electrons. The van der Waals surface area contributed by atoms with Crippen LogP contribution in [-0.4, -0.2) is 53.9 Å². The summed E-state index contributed by atoms with van der Waals surface area (Å²) in [6.45, 7) is 2.67. The van der Waals surface area contributed by atoms with Gasteiger partial charge in [-0.1, -0.05) is 12.1 Å². The van der Waals surface area contributed by atoms with Crippen molar-refractivity contribution >= 4 is 36.0 Å². The van der Waals surface area contributed by atoms with E-state index in [1.165, 1.54) is 12.1 Å². The number of likely N-dealkylation sites (tertiary alicyclic amines) is 1. The van der Waals surface area contributed by atoms with Crippen LogP contribution in [0.2, 0.25) is 0 Å². The number of nitrogens with zero attached hydrogens (tertiary/aromatic N) is 1. The molecule has 2 aliphatic rings. The van der Waals surface area contributed by atoms with Crippen LogP contribution in [-0.2, 0) is 16.1 Å². The molecule has 2 N–H and O–H groups in total. The molecule has 150 valence electrons. The van der Waals surface area contributed by atoms with Crippen molar-refractivity contribution in [1.82, 2.24) is 15.5 Å². The minimum Gasteiger partial charge on any atom is -0.352 e. The van der Waals surface area contributed by atoms with Gasteiger partial charge in [-0.15, -0.1) is 12.4 Å². The number of rotatable bonds is 5. The molecule has 2 saturated heterocycles. The van der Waals surface area contributed by atoms with E-state index in [0.29, 0.717) is 38.9 Å². The van der Waals surface area contributed by atoms with Gasteiger partial charge in [0.15, 0.2) is 0 Å². The van der Waals surface area contributed by atoms with Crippen LogP contribution < -0.4 is 10.6 Å². The monoisotopic (exact) mass is 415 g/mol. The minimum atomic E-state index is -0.279. The third-order valence-corrected chi connectivity index (χ3v) is 6.15. The lowest BCUT2D eigenvalue weighted by Crippen LogP contribution is -2.46. The zero-order chi connectivity index (χ0) is 18.4. The smallest absolute Gasteiger partial charge is 0.224 e. The van der Waals surface area contributed by atoms with Gasteiger partial charge in [-0.25, -0.2) is 4.39 Å². The summed E-state index contributed by atoms with van der Waals surface area (Å²) in [6.07, 6.45) is 1.95. The summed E-state index contributed by atoms with van der Waals surface area (Å²) in [4.78, 5) is 26.7. The van der Waals surface area contributed by atoms with Gasteiger partial charge in [0.05, 0.1) is 0 Å². The summed E-state index contributed by atoms with van der Waals surface area (Å²) < 4.78 is 12.9. The van der Waals surface area contributed by atoms with Crippen LogP contribution in [0, 0.1) is 11.7 Å². The largest absolute Gasteiger partial charge is 0.352 e. The molecule has 0 aliphatic carbocycles. The van der Waals surface area contributed by atoms with E-state index in [0.717, 1.165) is 23.6 Å². The standard InChI is InChI=1S/C19H26FN3O2S.ClH/c20-16-3-1-14(2-4-16)12-22-19(25)15-5-8-23(9-6-15)18(24)11-17-13-26-10-7-21-17;/h1-4,15,17,21H,5-13H2,(H,22,25);1H. The number of hydrogen-bond donors (Lipinski definition) is 2. The van der Waals surface area contributed by atoms with E-state index in [9.17, 15) is 14.0 Å². The van der Waals surface area contributed by atoms with Crippen LogP contribution in [0.1, 0.15) is 24.8 Å². The first-order chi connectivity index (χ1) is 12.6. The molecule has 2 aliphatic heterocycles. The number of carbonyl (C=O) groups is 2. The lowest BCUT2D eigenvalue weighted by atomic mass is 9.95. The maximum absolute atomic E-state index is 12.9. The quantitative estimate of drug-likeness (QED) is 0.774. The Bertz CT molecular complexity index is 618. The molecule has 27 heavy (non-hydrogen) atoms. The highest BCUT2D eigenvalue weighted by Gasteiger charge is 2.28. The second-order valence-electron chi connectivity index (χ2n) is 6.93. The number of benzene rings is 1. The Labute approximate surface area is 170 Å². The van der Waals surface area contributed by atoms with Gasteiger partial charge >= 0.3 is 0 Å². The van der Waals surface area contributed by atoms with Crippen LogP contribution in [0.25, 0.3) is 0 Å². The molecule has 0 spiro atoms. The molecule has 2 heterocycles. The van der Waals surface area contributed by atoms with Crippen LogP contribution in [0.3, 0.4) is 0 Å². The fraction of sp³-hybridized carbons (Fsp3) is 0.579. The van der Waals surface area contributed by atoms with E-state index in [1.54, 1.807) is 12.1 Å². The number of piperidine rings is 1. The molecular formula is C19H27ClFN3O2S. The summed E-state index contributed by atoms with van der Waals surface area (Å²) in [7, 11) is 0. The zero-order valence-corrected chi connectivity index (χ0v) is 16.9. The topological polar surface area (TPSA) is 61.4 Å². The number of amides is 2. The summed E-state index contributed by atoms with van der Waals surface area (Å²) in [5, 5.41) is 6.32. The van der Waals surface area contributed by atoms with E-state index in [2.05, 4.69) is 10.6 Å². The van der Waals surface area contributed by atoms with Crippen LogP contribution in [0.5, 0.6) is 0 Å². The molecule has 1 unspecified atom stereocenters. The van der Waals surface area contributed by atoms with E-state index < -0.39 is 0 Å². The lowest BCUT2D eigenvalue weighted by Gasteiger charge is -2.33. The van der Waals surface area contributed by atoms with Gasteiger partial charge < -0.3 is 15.5 Å². The second kappa shape index (κ2) is 10.9. The normalized spacial score (nSPS) is 20.6. The van der Waals surface area contributed by atoms with Crippen LogP contribution in [0.15, 0.2) is 24.3 Å². The van der Waals surface area contributed by atoms with Gasteiger partial charge in [0, 0.05) is 56.1 Å². The van der Waals surface area contributed by atoms with Crippen molar-refractivity contribution in [3.8, 4) is 0 Å². The van der Waals surface area contributed by atoms with Gasteiger partial charge in [0.2, 0.25) is 11.8 Å². The maximum atomic E-state index is 12.9. The average molecular weight is 416 g/mol. The van der Waals surface area contributed by atoms with Crippen molar-refractivity contribution in [2.75, 3.05) is 31.1 Å². The van der Waals surface area contributed by atoms with Gasteiger partial charge in [-0.05, 0) is 30.5 Å². The van der Waals surface area contributed by atoms with Gasteiger partial charge in [-0.3, -0.25) is 9.59 Å². The second-order valence-corrected chi connectivity index (χ2v) is 8.08. The fourth-order valence-electron chi connectivity index (χ4n) is 3.42. The molecule has 0 aromatic heterocycles. The number of halogens is 2. The van der Waals surface area contributed by atoms with E-state index in [1.807, 2.05) is 16.7 Å². The summed E-state index contributed by atoms with van der Waals surface area (Å²) >= 11 is 1.89. The van der Waals surface area contributed by atoms with Crippen molar-refractivity contribution in [2.24, 2.45) is 5.92 Å². The third kappa shape index (κ3) is 6.66. The maximum Gasteiger partial charge on any atom is 0.224 e. The Morgan fingerprint density at radius 2 is 1.93 bits per heavy atom. The zero-order valence-electron chi connectivity index (χ0n) is 15.3. The minimum absolute atomic E-state index is 0. The van der Waals surface area contributed by atoms with E-state index in [-0.39, 0.29) is 42.0 Å². The summed E-state index contributed by atoms with van der Waals surface area (Å²) in [5.41, 5.74) is 0.880. The van der Waals surface area contributed by atoms with Crippen molar-refractivity contribution in [3.05, 3.63) is 35.6 Å². The summed E-state index contributed by atoms with van der Waals surface area (Å²) in [6, 6.07) is 6.41. The molecule has 2 amide bonds. The molecule has 1 atom stereocenters. The SMILES string of the molecule is Cl.O=C(NCc1ccc(F)cc1)C1CCN(C(=O)CC2CSCCN2)CC1.